The summed E-state index contributed by atoms with van der Waals surface area (Å²) in [6.07, 6.45) is 5.68. The molecule has 0 amide bonds. The molecule has 1 aromatic heterocycles. The number of nitrogens with zero attached hydrogens (tertiary/aromatic N) is 1. The molecule has 182 valence electrons. The number of carbonyl (C=O) groups excluding carboxylic acids is 2. The van der Waals surface area contributed by atoms with Crippen LogP contribution in [-0.4, -0.2) is 24.1 Å². The maximum absolute atomic E-state index is 11.1. The van der Waals surface area contributed by atoms with Crippen molar-refractivity contribution in [2.45, 2.75) is 12.8 Å². The Balaban J connectivity index is 1.60. The third-order valence-corrected chi connectivity index (χ3v) is 6.06. The zero-order chi connectivity index (χ0) is 25.3. The highest BCUT2D eigenvalue weighted by molar-refractivity contribution is 7.71. The zero-order valence-electron chi connectivity index (χ0n) is 19.8. The third kappa shape index (κ3) is 6.06. The third-order valence-electron chi connectivity index (χ3n) is 5.62. The minimum absolute atomic E-state index is 0.239. The smallest absolute Gasteiger partial charge is 0.298 e. The van der Waals surface area contributed by atoms with Crippen LogP contribution in [0.25, 0.3) is 22.3 Å². The monoisotopic (exact) mass is 499 g/mol. The first kappa shape index (κ1) is 24.9. The predicted molar refractivity (Wildman–Crippen MR) is 141 cm³/mol. The van der Waals surface area contributed by atoms with Gasteiger partial charge in [0.25, 0.3) is 12.9 Å². The van der Waals surface area contributed by atoms with Crippen molar-refractivity contribution < 1.29 is 23.8 Å². The summed E-state index contributed by atoms with van der Waals surface area (Å²) in [6.45, 7) is 1.25. The molecule has 0 fully saturated rings. The maximum Gasteiger partial charge on any atom is 0.298 e. The molecule has 3 aromatic carbocycles. The van der Waals surface area contributed by atoms with Crippen molar-refractivity contribution in [1.29, 1.82) is 0 Å². The molecule has 0 N–H and O–H groups in total. The Morgan fingerprint density at radius 1 is 0.806 bits per heavy atom. The molecule has 0 aliphatic rings. The Bertz CT molecular complexity index is 1420. The van der Waals surface area contributed by atoms with E-state index in [1.807, 2.05) is 66.5 Å². The molecule has 1 heterocycles. The fourth-order valence-corrected chi connectivity index (χ4v) is 4.31. The van der Waals surface area contributed by atoms with Crippen LogP contribution < -0.4 is 14.2 Å². The van der Waals surface area contributed by atoms with E-state index in [4.69, 9.17) is 26.4 Å². The molecule has 4 rings (SSSR count). The predicted octanol–water partition coefficient (Wildman–Crippen LogP) is 6.17. The quantitative estimate of drug-likeness (QED) is 0.140. The molecule has 0 unspecified atom stereocenters. The molecular weight excluding hydrogens is 474 g/mol. The number of aryl methyl sites for hydroxylation is 2. The highest BCUT2D eigenvalue weighted by atomic mass is 32.1. The summed E-state index contributed by atoms with van der Waals surface area (Å²) in [4.78, 5) is 21.8. The van der Waals surface area contributed by atoms with Gasteiger partial charge in [-0.25, -0.2) is 0 Å². The van der Waals surface area contributed by atoms with Crippen LogP contribution in [0.2, 0.25) is 0 Å². The molecule has 0 spiro atoms. The van der Waals surface area contributed by atoms with E-state index in [9.17, 15) is 9.59 Å². The second-order valence-electron chi connectivity index (χ2n) is 8.13. The number of hydrogen-bond donors (Lipinski definition) is 0. The summed E-state index contributed by atoms with van der Waals surface area (Å²) in [5.41, 5.74) is 4.35. The van der Waals surface area contributed by atoms with Gasteiger partial charge in [-0.2, -0.15) is 0 Å². The molecule has 0 saturated carbocycles. The van der Waals surface area contributed by atoms with Crippen molar-refractivity contribution in [3.8, 4) is 39.5 Å². The van der Waals surface area contributed by atoms with Crippen LogP contribution in [0.4, 0.5) is 0 Å². The van der Waals surface area contributed by atoms with E-state index in [1.165, 1.54) is 11.6 Å². The van der Waals surface area contributed by atoms with Crippen LogP contribution in [0.1, 0.15) is 12.0 Å². The number of ether oxygens (including phenoxy) is 3. The maximum atomic E-state index is 11.1. The highest BCUT2D eigenvalue weighted by Gasteiger charge is 2.14. The summed E-state index contributed by atoms with van der Waals surface area (Å²) in [5.74, 6) is 1.26. The second-order valence-corrected chi connectivity index (χ2v) is 8.54. The van der Waals surface area contributed by atoms with Gasteiger partial charge >= 0.3 is 0 Å². The molecular formula is C29H25NO5S. The lowest BCUT2D eigenvalue weighted by Crippen LogP contribution is -2.00. The largest absolute Gasteiger partial charge is 0.494 e. The van der Waals surface area contributed by atoms with E-state index in [0.29, 0.717) is 35.2 Å². The molecule has 0 bridgehead atoms. The van der Waals surface area contributed by atoms with Crippen molar-refractivity contribution in [2.24, 2.45) is 7.05 Å². The molecule has 0 aliphatic heterocycles. The zero-order valence-corrected chi connectivity index (χ0v) is 20.6. The lowest BCUT2D eigenvalue weighted by atomic mass is 10.0. The summed E-state index contributed by atoms with van der Waals surface area (Å²) < 4.78 is 18.6. The van der Waals surface area contributed by atoms with Crippen LogP contribution >= 0.6 is 12.2 Å². The fourth-order valence-electron chi connectivity index (χ4n) is 3.97. The molecule has 0 atom stereocenters. The van der Waals surface area contributed by atoms with E-state index in [0.717, 1.165) is 29.7 Å². The van der Waals surface area contributed by atoms with Gasteiger partial charge in [-0.15, -0.1) is 0 Å². The normalized spacial score (nSPS) is 10.5. The summed E-state index contributed by atoms with van der Waals surface area (Å²) in [5, 5.41) is 0. The summed E-state index contributed by atoms with van der Waals surface area (Å²) in [7, 11) is 1.90. The van der Waals surface area contributed by atoms with Gasteiger partial charge in [-0.3, -0.25) is 9.59 Å². The average Bonchev–Trinajstić information content (AvgIpc) is 2.89. The molecule has 4 aromatic rings. The summed E-state index contributed by atoms with van der Waals surface area (Å²) in [6, 6.07) is 23.0. The summed E-state index contributed by atoms with van der Waals surface area (Å²) >= 11 is 5.86. The van der Waals surface area contributed by atoms with Gasteiger partial charge in [0.15, 0.2) is 0 Å². The Morgan fingerprint density at radius 3 is 2.36 bits per heavy atom. The first-order chi connectivity index (χ1) is 17.6. The van der Waals surface area contributed by atoms with Crippen molar-refractivity contribution in [2.75, 3.05) is 6.61 Å². The van der Waals surface area contributed by atoms with Gasteiger partial charge in [0, 0.05) is 42.2 Å². The van der Waals surface area contributed by atoms with Crippen LogP contribution in [0.15, 0.2) is 85.2 Å². The molecule has 0 aliphatic carbocycles. The standard InChI is InChI=1S/C29H25NO5S/c1-30-17-26(22-10-5-11-23(15-22)33-14-6-9-21-7-3-2-4-8-21)29(36)27(18-30)25-13-12-24(34-19-31)16-28(25)35-20-32/h2-5,7-8,10-13,15-20H,6,9,14H2,1H3. The van der Waals surface area contributed by atoms with Crippen LogP contribution in [0.5, 0.6) is 17.2 Å². The number of carbonyl (C=O) groups is 2. The van der Waals surface area contributed by atoms with Crippen molar-refractivity contribution in [3.63, 3.8) is 0 Å². The van der Waals surface area contributed by atoms with E-state index in [2.05, 4.69) is 12.1 Å². The number of benzene rings is 3. The fraction of sp³-hybridized carbons (Fsp3) is 0.138. The molecule has 36 heavy (non-hydrogen) atoms. The SMILES string of the molecule is Cn1cc(-c2cccc(OCCCc3ccccc3)c2)c(=S)c(-c2ccc(OC=O)cc2OC=O)c1. The van der Waals surface area contributed by atoms with Crippen molar-refractivity contribution in [3.05, 3.63) is 95.3 Å². The number of pyridine rings is 1. The number of aromatic nitrogens is 1. The van der Waals surface area contributed by atoms with Crippen LogP contribution in [0.3, 0.4) is 0 Å². The molecule has 7 heteroatoms. The van der Waals surface area contributed by atoms with Gasteiger partial charge in [-0.05, 0) is 48.2 Å². The molecule has 0 saturated heterocycles. The lowest BCUT2D eigenvalue weighted by molar-refractivity contribution is -0.121. The van der Waals surface area contributed by atoms with Crippen LogP contribution in [0, 0.1) is 4.51 Å². The van der Waals surface area contributed by atoms with Crippen LogP contribution in [-0.2, 0) is 23.1 Å². The van der Waals surface area contributed by atoms with Gasteiger partial charge in [0.1, 0.15) is 17.2 Å². The van der Waals surface area contributed by atoms with Gasteiger partial charge in [-0.1, -0.05) is 54.7 Å². The minimum Gasteiger partial charge on any atom is -0.494 e. The van der Waals surface area contributed by atoms with Gasteiger partial charge in [0.05, 0.1) is 11.1 Å². The molecule has 0 radical (unpaired) electrons. The molecule has 6 nitrogen and oxygen atoms in total. The Morgan fingerprint density at radius 2 is 1.58 bits per heavy atom. The van der Waals surface area contributed by atoms with E-state index < -0.39 is 0 Å². The average molecular weight is 500 g/mol. The van der Waals surface area contributed by atoms with Gasteiger partial charge < -0.3 is 18.8 Å². The second kappa shape index (κ2) is 12.0. The van der Waals surface area contributed by atoms with Crippen molar-refractivity contribution >= 4 is 25.2 Å². The number of rotatable bonds is 11. The van der Waals surface area contributed by atoms with E-state index >= 15 is 0 Å². The lowest BCUT2D eigenvalue weighted by Gasteiger charge is -2.14. The first-order valence-corrected chi connectivity index (χ1v) is 11.8. The highest BCUT2D eigenvalue weighted by Crippen LogP contribution is 2.37. The topological polar surface area (TPSA) is 66.8 Å². The van der Waals surface area contributed by atoms with E-state index in [-0.39, 0.29) is 11.5 Å². The first-order valence-electron chi connectivity index (χ1n) is 11.4. The number of hydrogen-bond acceptors (Lipinski definition) is 6. The van der Waals surface area contributed by atoms with E-state index in [1.54, 1.807) is 12.1 Å². The Hall–Kier alpha value is -4.23. The Labute approximate surface area is 214 Å². The van der Waals surface area contributed by atoms with Gasteiger partial charge in [0.2, 0.25) is 0 Å². The van der Waals surface area contributed by atoms with Crippen molar-refractivity contribution in [1.82, 2.24) is 4.57 Å². The minimum atomic E-state index is 0.239. The Kier molecular flexibility index (Phi) is 8.26.